The summed E-state index contributed by atoms with van der Waals surface area (Å²) in [7, 11) is 0. The summed E-state index contributed by atoms with van der Waals surface area (Å²) in [5.74, 6) is 0.221. The van der Waals surface area contributed by atoms with Crippen molar-refractivity contribution in [1.29, 1.82) is 0 Å². The summed E-state index contributed by atoms with van der Waals surface area (Å²) < 4.78 is 0. The van der Waals surface area contributed by atoms with Gasteiger partial charge in [-0.1, -0.05) is 31.2 Å². The molecule has 1 aliphatic rings. The van der Waals surface area contributed by atoms with Gasteiger partial charge in [-0.15, -0.1) is 0 Å². The van der Waals surface area contributed by atoms with Crippen LogP contribution >= 0.6 is 0 Å². The molecule has 0 bridgehead atoms. The molecule has 2 rings (SSSR count). The minimum atomic E-state index is -0.697. The molecule has 1 aromatic rings. The molecule has 98 valence electrons. The van der Waals surface area contributed by atoms with E-state index in [4.69, 9.17) is 5.73 Å². The maximum Gasteiger partial charge on any atom is 0.242 e. The molecule has 0 heterocycles. The van der Waals surface area contributed by atoms with Gasteiger partial charge in [0.1, 0.15) is 5.54 Å². The van der Waals surface area contributed by atoms with Crippen LogP contribution in [0.5, 0.6) is 0 Å². The third kappa shape index (κ3) is 2.03. The van der Waals surface area contributed by atoms with Crippen molar-refractivity contribution in [2.24, 2.45) is 5.73 Å². The van der Waals surface area contributed by atoms with E-state index in [2.05, 4.69) is 18.3 Å². The van der Waals surface area contributed by atoms with E-state index in [0.717, 1.165) is 18.4 Å². The van der Waals surface area contributed by atoms with E-state index in [1.165, 1.54) is 5.56 Å². The Morgan fingerprint density at radius 3 is 2.72 bits per heavy atom. The van der Waals surface area contributed by atoms with Crippen molar-refractivity contribution in [1.82, 2.24) is 5.32 Å². The number of nitrogens with two attached hydrogens (primary N) is 1. The lowest BCUT2D eigenvalue weighted by atomic mass is 9.71. The van der Waals surface area contributed by atoms with Gasteiger partial charge in [-0.05, 0) is 43.7 Å². The summed E-state index contributed by atoms with van der Waals surface area (Å²) in [5, 5.41) is 3.40. The van der Waals surface area contributed by atoms with E-state index >= 15 is 0 Å². The van der Waals surface area contributed by atoms with Crippen LogP contribution in [-0.2, 0) is 10.3 Å². The highest BCUT2D eigenvalue weighted by Crippen LogP contribution is 2.41. The molecule has 3 nitrogen and oxygen atoms in total. The highest BCUT2D eigenvalue weighted by Gasteiger charge is 2.43. The van der Waals surface area contributed by atoms with Crippen LogP contribution in [0, 0.1) is 0 Å². The zero-order valence-corrected chi connectivity index (χ0v) is 11.4. The topological polar surface area (TPSA) is 55.1 Å². The fraction of sp³-hybridized carbons (Fsp3) is 0.533. The third-order valence-corrected chi connectivity index (χ3v) is 3.86. The third-order valence-electron chi connectivity index (χ3n) is 3.86. The van der Waals surface area contributed by atoms with Crippen LogP contribution in [0.3, 0.4) is 0 Å². The van der Waals surface area contributed by atoms with E-state index < -0.39 is 5.54 Å². The number of primary amides is 1. The van der Waals surface area contributed by atoms with Gasteiger partial charge in [0, 0.05) is 6.04 Å². The van der Waals surface area contributed by atoms with Crippen LogP contribution in [0.1, 0.15) is 50.7 Å². The molecule has 0 radical (unpaired) electrons. The van der Waals surface area contributed by atoms with Crippen LogP contribution in [-0.4, -0.2) is 11.9 Å². The number of carbonyl (C=O) groups excluding carboxylic acids is 1. The highest BCUT2D eigenvalue weighted by molar-refractivity contribution is 5.87. The van der Waals surface area contributed by atoms with Crippen LogP contribution < -0.4 is 11.1 Å². The van der Waals surface area contributed by atoms with Gasteiger partial charge in [-0.2, -0.15) is 0 Å². The van der Waals surface area contributed by atoms with Crippen LogP contribution in [0.15, 0.2) is 24.3 Å². The van der Waals surface area contributed by atoms with Gasteiger partial charge < -0.3 is 5.73 Å². The molecule has 0 aliphatic heterocycles. The van der Waals surface area contributed by atoms with E-state index in [9.17, 15) is 4.79 Å². The first-order chi connectivity index (χ1) is 8.47. The van der Waals surface area contributed by atoms with Crippen molar-refractivity contribution in [2.45, 2.75) is 51.1 Å². The molecule has 1 aliphatic carbocycles. The molecule has 3 N–H and O–H groups in total. The van der Waals surface area contributed by atoms with Crippen molar-refractivity contribution < 1.29 is 4.79 Å². The molecular formula is C15H22N2O. The number of hydrogen-bond acceptors (Lipinski definition) is 2. The van der Waals surface area contributed by atoms with Gasteiger partial charge in [0.15, 0.2) is 0 Å². The van der Waals surface area contributed by atoms with Gasteiger partial charge in [0.25, 0.3) is 0 Å². The second-order valence-electron chi connectivity index (χ2n) is 5.60. The van der Waals surface area contributed by atoms with Crippen LogP contribution in [0.2, 0.25) is 0 Å². The number of fused-ring (bicyclic) bond motifs is 1. The average molecular weight is 246 g/mol. The van der Waals surface area contributed by atoms with Crippen molar-refractivity contribution in [3.8, 4) is 0 Å². The maximum atomic E-state index is 12.0. The smallest absolute Gasteiger partial charge is 0.242 e. The lowest BCUT2D eigenvalue weighted by Crippen LogP contribution is -2.56. The van der Waals surface area contributed by atoms with Gasteiger partial charge in [0.2, 0.25) is 5.91 Å². The first-order valence-electron chi connectivity index (χ1n) is 6.64. The number of nitrogens with one attached hydrogen (secondary N) is 1. The Morgan fingerprint density at radius 2 is 2.11 bits per heavy atom. The quantitative estimate of drug-likeness (QED) is 0.859. The molecule has 1 amide bonds. The molecule has 0 saturated heterocycles. The van der Waals surface area contributed by atoms with Crippen molar-refractivity contribution in [2.75, 3.05) is 0 Å². The SMILES string of the molecule is CC(C)NC1(C(N)=O)CCC(C)c2ccccc21. The lowest BCUT2D eigenvalue weighted by Gasteiger charge is -2.41. The van der Waals surface area contributed by atoms with E-state index in [0.29, 0.717) is 5.92 Å². The van der Waals surface area contributed by atoms with Crippen molar-refractivity contribution in [3.05, 3.63) is 35.4 Å². The highest BCUT2D eigenvalue weighted by atomic mass is 16.1. The predicted molar refractivity (Wildman–Crippen MR) is 73.2 cm³/mol. The molecule has 0 saturated carbocycles. The van der Waals surface area contributed by atoms with Gasteiger partial charge in [0.05, 0.1) is 0 Å². The Hall–Kier alpha value is -1.35. The monoisotopic (exact) mass is 246 g/mol. The molecule has 3 heteroatoms. The molecule has 0 spiro atoms. The summed E-state index contributed by atoms with van der Waals surface area (Å²) in [4.78, 5) is 12.0. The Morgan fingerprint density at radius 1 is 1.44 bits per heavy atom. The zero-order valence-electron chi connectivity index (χ0n) is 11.4. The number of benzene rings is 1. The van der Waals surface area contributed by atoms with Gasteiger partial charge in [-0.3, -0.25) is 10.1 Å². The number of carbonyl (C=O) groups is 1. The number of hydrogen-bond donors (Lipinski definition) is 2. The molecule has 1 aromatic carbocycles. The normalized spacial score (nSPS) is 27.0. The fourth-order valence-electron chi connectivity index (χ4n) is 3.01. The largest absolute Gasteiger partial charge is 0.368 e. The first-order valence-corrected chi connectivity index (χ1v) is 6.64. The Kier molecular flexibility index (Phi) is 3.44. The molecular weight excluding hydrogens is 224 g/mol. The Bertz CT molecular complexity index is 456. The minimum Gasteiger partial charge on any atom is -0.368 e. The van der Waals surface area contributed by atoms with Gasteiger partial charge >= 0.3 is 0 Å². The minimum absolute atomic E-state index is 0.221. The fourth-order valence-corrected chi connectivity index (χ4v) is 3.01. The number of amides is 1. The summed E-state index contributed by atoms with van der Waals surface area (Å²) in [6, 6.07) is 8.38. The second-order valence-corrected chi connectivity index (χ2v) is 5.60. The van der Waals surface area contributed by atoms with E-state index in [1.807, 2.05) is 32.0 Å². The molecule has 2 atom stereocenters. The maximum absolute atomic E-state index is 12.0. The predicted octanol–water partition coefficient (Wildman–Crippen LogP) is 2.26. The summed E-state index contributed by atoms with van der Waals surface area (Å²) in [6.45, 7) is 6.30. The van der Waals surface area contributed by atoms with Crippen LogP contribution in [0.25, 0.3) is 0 Å². The van der Waals surface area contributed by atoms with Crippen molar-refractivity contribution in [3.63, 3.8) is 0 Å². The average Bonchev–Trinajstić information content (AvgIpc) is 2.32. The second kappa shape index (κ2) is 4.73. The van der Waals surface area contributed by atoms with Crippen LogP contribution in [0.4, 0.5) is 0 Å². The first kappa shape index (κ1) is 13.1. The zero-order chi connectivity index (χ0) is 13.3. The molecule has 0 aromatic heterocycles. The molecule has 18 heavy (non-hydrogen) atoms. The summed E-state index contributed by atoms with van der Waals surface area (Å²) in [6.07, 6.45) is 1.76. The molecule has 2 unspecified atom stereocenters. The Balaban J connectivity index is 2.55. The molecule has 0 fully saturated rings. The summed E-state index contributed by atoms with van der Waals surface area (Å²) in [5.41, 5.74) is 7.32. The van der Waals surface area contributed by atoms with Crippen molar-refractivity contribution >= 4 is 5.91 Å². The standard InChI is InChI=1S/C15H22N2O/c1-10(2)17-15(14(16)18)9-8-11(3)12-6-4-5-7-13(12)15/h4-7,10-11,17H,8-9H2,1-3H3,(H2,16,18). The lowest BCUT2D eigenvalue weighted by molar-refractivity contribution is -0.125. The van der Waals surface area contributed by atoms with Gasteiger partial charge in [-0.25, -0.2) is 0 Å². The van der Waals surface area contributed by atoms with E-state index in [-0.39, 0.29) is 11.9 Å². The Labute approximate surface area is 109 Å². The number of rotatable bonds is 3. The van der Waals surface area contributed by atoms with E-state index in [1.54, 1.807) is 0 Å². The summed E-state index contributed by atoms with van der Waals surface area (Å²) >= 11 is 0.